The van der Waals surface area contributed by atoms with Crippen LogP contribution in [-0.4, -0.2) is 10.4 Å². The molecule has 0 amide bonds. The standard InChI is InChI=1S/C48H38N4/c1-48(2)40-24-13-12-23-39(40)43-41(48)28-27-38-37-26-25-34(31-15-6-3-7-16-31)30-42(37)52(44(38)43)36-22-14-21-35(29-36)47-50-45(32-17-8-4-9-18-32)49-46(51-47)33-19-10-5-11-20-33/h3-30,45-46,49H,1-2H3,(H,50,51). The maximum Gasteiger partial charge on any atom is 0.131 e. The third-order valence-corrected chi connectivity index (χ3v) is 11.1. The van der Waals surface area contributed by atoms with Crippen LogP contribution in [0.3, 0.4) is 0 Å². The van der Waals surface area contributed by atoms with Crippen molar-refractivity contribution in [3.8, 4) is 27.9 Å². The summed E-state index contributed by atoms with van der Waals surface area (Å²) in [4.78, 5) is 5.29. The highest BCUT2D eigenvalue weighted by atomic mass is 15.3. The second-order valence-corrected chi connectivity index (χ2v) is 14.5. The quantitative estimate of drug-likeness (QED) is 0.191. The van der Waals surface area contributed by atoms with Crippen molar-refractivity contribution in [2.45, 2.75) is 31.6 Å². The minimum absolute atomic E-state index is 0.105. The zero-order chi connectivity index (χ0) is 34.8. The van der Waals surface area contributed by atoms with E-state index in [1.807, 2.05) is 0 Å². The van der Waals surface area contributed by atoms with Crippen LogP contribution in [0.15, 0.2) is 175 Å². The number of aliphatic imine (C=N–C) groups is 1. The third-order valence-electron chi connectivity index (χ3n) is 11.1. The summed E-state index contributed by atoms with van der Waals surface area (Å²) < 4.78 is 2.50. The van der Waals surface area contributed by atoms with E-state index in [4.69, 9.17) is 4.99 Å². The molecule has 1 aliphatic carbocycles. The van der Waals surface area contributed by atoms with Gasteiger partial charge >= 0.3 is 0 Å². The second-order valence-electron chi connectivity index (χ2n) is 14.5. The van der Waals surface area contributed by atoms with E-state index >= 15 is 0 Å². The lowest BCUT2D eigenvalue weighted by Gasteiger charge is -2.32. The number of nitrogens with one attached hydrogen (secondary N) is 2. The van der Waals surface area contributed by atoms with E-state index in [1.54, 1.807) is 0 Å². The lowest BCUT2D eigenvalue weighted by Crippen LogP contribution is -2.44. The van der Waals surface area contributed by atoms with Crippen LogP contribution in [0.25, 0.3) is 49.7 Å². The van der Waals surface area contributed by atoms with E-state index in [9.17, 15) is 0 Å². The van der Waals surface area contributed by atoms with E-state index < -0.39 is 0 Å². The molecule has 1 aromatic heterocycles. The minimum Gasteiger partial charge on any atom is -0.350 e. The average Bonchev–Trinajstić information content (AvgIpc) is 3.67. The number of aromatic nitrogens is 1. The van der Waals surface area contributed by atoms with Gasteiger partial charge in [-0.2, -0.15) is 0 Å². The highest BCUT2D eigenvalue weighted by Gasteiger charge is 2.37. The first-order valence-electron chi connectivity index (χ1n) is 18.1. The van der Waals surface area contributed by atoms with Gasteiger partial charge in [0.1, 0.15) is 18.2 Å². The topological polar surface area (TPSA) is 41.4 Å². The molecule has 2 atom stereocenters. The second kappa shape index (κ2) is 11.9. The molecule has 7 aromatic carbocycles. The van der Waals surface area contributed by atoms with Crippen molar-refractivity contribution in [2.24, 2.45) is 4.99 Å². The number of hydrogen-bond donors (Lipinski definition) is 2. The molecule has 0 spiro atoms. The fraction of sp³-hybridized carbons (Fsp3) is 0.104. The molecule has 52 heavy (non-hydrogen) atoms. The van der Waals surface area contributed by atoms with Crippen LogP contribution < -0.4 is 10.6 Å². The summed E-state index contributed by atoms with van der Waals surface area (Å²) in [7, 11) is 0. The molecule has 10 rings (SSSR count). The van der Waals surface area contributed by atoms with Crippen molar-refractivity contribution < 1.29 is 0 Å². The van der Waals surface area contributed by atoms with Gasteiger partial charge in [0.2, 0.25) is 0 Å². The Hall–Kier alpha value is -6.23. The fourth-order valence-corrected chi connectivity index (χ4v) is 8.49. The van der Waals surface area contributed by atoms with Crippen molar-refractivity contribution in [3.63, 3.8) is 0 Å². The molecule has 0 radical (unpaired) electrons. The summed E-state index contributed by atoms with van der Waals surface area (Å²) in [5.41, 5.74) is 14.6. The summed E-state index contributed by atoms with van der Waals surface area (Å²) in [5, 5.41) is 10.0. The van der Waals surface area contributed by atoms with E-state index in [1.165, 1.54) is 60.8 Å². The van der Waals surface area contributed by atoms with E-state index in [-0.39, 0.29) is 17.7 Å². The monoisotopic (exact) mass is 670 g/mol. The van der Waals surface area contributed by atoms with Crippen LogP contribution in [0.2, 0.25) is 0 Å². The number of fused-ring (bicyclic) bond motifs is 7. The van der Waals surface area contributed by atoms with Gasteiger partial charge in [-0.3, -0.25) is 5.32 Å². The first-order chi connectivity index (χ1) is 25.5. The molecular formula is C48H38N4. The zero-order valence-corrected chi connectivity index (χ0v) is 29.2. The summed E-state index contributed by atoms with van der Waals surface area (Å²) in [6.45, 7) is 4.72. The highest BCUT2D eigenvalue weighted by Crippen LogP contribution is 2.53. The third kappa shape index (κ3) is 4.83. The van der Waals surface area contributed by atoms with E-state index in [0.29, 0.717) is 0 Å². The van der Waals surface area contributed by atoms with Crippen LogP contribution in [0.4, 0.5) is 0 Å². The zero-order valence-electron chi connectivity index (χ0n) is 29.2. The molecule has 250 valence electrons. The number of nitrogens with zero attached hydrogens (tertiary/aromatic N) is 2. The number of hydrogen-bond acceptors (Lipinski definition) is 3. The first kappa shape index (κ1) is 30.6. The Labute approximate surface area is 304 Å². The smallest absolute Gasteiger partial charge is 0.131 e. The Kier molecular flexibility index (Phi) is 7.02. The van der Waals surface area contributed by atoms with Crippen LogP contribution in [-0.2, 0) is 5.41 Å². The van der Waals surface area contributed by atoms with Crippen LogP contribution in [0.1, 0.15) is 54.0 Å². The van der Waals surface area contributed by atoms with Crippen molar-refractivity contribution in [2.75, 3.05) is 0 Å². The fourth-order valence-electron chi connectivity index (χ4n) is 8.49. The molecule has 0 saturated carbocycles. The average molecular weight is 671 g/mol. The summed E-state index contributed by atoms with van der Waals surface area (Å²) >= 11 is 0. The van der Waals surface area contributed by atoms with Crippen molar-refractivity contribution >= 4 is 27.6 Å². The lowest BCUT2D eigenvalue weighted by atomic mass is 9.82. The number of amidine groups is 1. The lowest BCUT2D eigenvalue weighted by molar-refractivity contribution is 0.409. The van der Waals surface area contributed by atoms with Crippen LogP contribution in [0.5, 0.6) is 0 Å². The van der Waals surface area contributed by atoms with E-state index in [2.05, 4.69) is 199 Å². The van der Waals surface area contributed by atoms with Crippen molar-refractivity contribution in [3.05, 3.63) is 198 Å². The van der Waals surface area contributed by atoms with Crippen LogP contribution in [0, 0.1) is 0 Å². The van der Waals surface area contributed by atoms with Gasteiger partial charge in [0.15, 0.2) is 0 Å². The SMILES string of the molecule is CC1(C)c2ccccc2-c2c1ccc1c3ccc(-c4ccccc4)cc3n(-c3cccc(C4=NC(c5ccccc5)NC(c5ccccc5)N4)c3)c21. The summed E-state index contributed by atoms with van der Waals surface area (Å²) in [6, 6.07) is 61.3. The van der Waals surface area contributed by atoms with Crippen molar-refractivity contribution in [1.29, 1.82) is 0 Å². The van der Waals surface area contributed by atoms with Gasteiger partial charge in [0, 0.05) is 33.0 Å². The molecular weight excluding hydrogens is 633 g/mol. The molecule has 2 heterocycles. The molecule has 0 saturated heterocycles. The molecule has 2 N–H and O–H groups in total. The maximum atomic E-state index is 5.29. The van der Waals surface area contributed by atoms with Gasteiger partial charge in [-0.15, -0.1) is 0 Å². The van der Waals surface area contributed by atoms with Gasteiger partial charge in [0.25, 0.3) is 0 Å². The Morgan fingerprint density at radius 3 is 2.02 bits per heavy atom. The molecule has 8 aromatic rings. The minimum atomic E-state index is -0.199. The van der Waals surface area contributed by atoms with Crippen LogP contribution >= 0.6 is 0 Å². The predicted molar refractivity (Wildman–Crippen MR) is 215 cm³/mol. The first-order valence-corrected chi connectivity index (χ1v) is 18.1. The summed E-state index contributed by atoms with van der Waals surface area (Å²) in [6.07, 6.45) is -0.304. The van der Waals surface area contributed by atoms with Gasteiger partial charge in [-0.05, 0) is 57.1 Å². The molecule has 2 unspecified atom stereocenters. The number of rotatable bonds is 5. The number of benzene rings is 7. The Balaban J connectivity index is 1.21. The maximum absolute atomic E-state index is 5.29. The normalized spacial score (nSPS) is 17.4. The van der Waals surface area contributed by atoms with Crippen molar-refractivity contribution in [1.82, 2.24) is 15.2 Å². The molecule has 0 bridgehead atoms. The Morgan fingerprint density at radius 1 is 0.558 bits per heavy atom. The Bertz CT molecular complexity index is 2650. The molecule has 2 aliphatic rings. The Morgan fingerprint density at radius 2 is 1.23 bits per heavy atom. The van der Waals surface area contributed by atoms with Gasteiger partial charge in [0.05, 0.1) is 11.0 Å². The largest absolute Gasteiger partial charge is 0.350 e. The molecule has 4 heteroatoms. The molecule has 4 nitrogen and oxygen atoms in total. The molecule has 0 fully saturated rings. The van der Waals surface area contributed by atoms with E-state index in [0.717, 1.165) is 22.6 Å². The van der Waals surface area contributed by atoms with Gasteiger partial charge in [-0.25, -0.2) is 4.99 Å². The van der Waals surface area contributed by atoms with Gasteiger partial charge < -0.3 is 9.88 Å². The summed E-state index contributed by atoms with van der Waals surface area (Å²) in [5.74, 6) is 0.866. The predicted octanol–water partition coefficient (Wildman–Crippen LogP) is 11.1. The molecule has 1 aliphatic heterocycles. The highest BCUT2D eigenvalue weighted by molar-refractivity contribution is 6.16. The van der Waals surface area contributed by atoms with Gasteiger partial charge in [-0.1, -0.05) is 166 Å².